The molecule has 2 aromatic carbocycles. The van der Waals surface area contributed by atoms with Crippen molar-refractivity contribution in [1.82, 2.24) is 0 Å². The quantitative estimate of drug-likeness (QED) is 0.878. The van der Waals surface area contributed by atoms with Crippen molar-refractivity contribution in [1.29, 1.82) is 0 Å². The third kappa shape index (κ3) is 3.75. The number of carbonyl (C=O) groups excluding carboxylic acids is 1. The third-order valence-electron chi connectivity index (χ3n) is 2.86. The zero-order valence-electron chi connectivity index (χ0n) is 11.6. The van der Waals surface area contributed by atoms with E-state index >= 15 is 0 Å². The third-order valence-corrected chi connectivity index (χ3v) is 2.86. The number of amides is 1. The lowest BCUT2D eigenvalue weighted by Crippen LogP contribution is -2.22. The highest BCUT2D eigenvalue weighted by molar-refractivity contribution is 5.95. The molecule has 0 radical (unpaired) electrons. The zero-order chi connectivity index (χ0) is 14.4. The summed E-state index contributed by atoms with van der Waals surface area (Å²) in [6.07, 6.45) is 0. The van der Waals surface area contributed by atoms with Crippen LogP contribution >= 0.6 is 0 Å². The minimum atomic E-state index is -0.113. The molecule has 0 spiro atoms. The molecule has 0 fully saturated rings. The number of rotatable bonds is 5. The Balaban J connectivity index is 1.96. The minimum Gasteiger partial charge on any atom is -0.495 e. The second-order valence-electron chi connectivity index (χ2n) is 4.47. The Morgan fingerprint density at radius 2 is 1.90 bits per heavy atom. The van der Waals surface area contributed by atoms with E-state index in [-0.39, 0.29) is 12.5 Å². The number of anilines is 2. The number of hydrogen-bond donors (Lipinski definition) is 2. The van der Waals surface area contributed by atoms with Crippen LogP contribution < -0.4 is 15.4 Å². The van der Waals surface area contributed by atoms with Crippen LogP contribution in [0.1, 0.15) is 5.56 Å². The Kier molecular flexibility index (Phi) is 4.60. The molecule has 0 aliphatic heterocycles. The van der Waals surface area contributed by atoms with E-state index in [1.165, 1.54) is 0 Å². The van der Waals surface area contributed by atoms with Crippen molar-refractivity contribution in [2.24, 2.45) is 0 Å². The van der Waals surface area contributed by atoms with E-state index in [4.69, 9.17) is 4.74 Å². The van der Waals surface area contributed by atoms with Gasteiger partial charge in [-0.25, -0.2) is 0 Å². The summed E-state index contributed by atoms with van der Waals surface area (Å²) in [5.74, 6) is 0.543. The first-order valence-electron chi connectivity index (χ1n) is 6.42. The summed E-state index contributed by atoms with van der Waals surface area (Å²) in [6, 6.07) is 15.3. The summed E-state index contributed by atoms with van der Waals surface area (Å²) in [7, 11) is 1.59. The first-order chi connectivity index (χ1) is 9.69. The summed E-state index contributed by atoms with van der Waals surface area (Å²) >= 11 is 0. The van der Waals surface area contributed by atoms with Crippen LogP contribution in [0.2, 0.25) is 0 Å². The van der Waals surface area contributed by atoms with Gasteiger partial charge < -0.3 is 15.4 Å². The maximum Gasteiger partial charge on any atom is 0.243 e. The molecule has 0 aromatic heterocycles. The second-order valence-corrected chi connectivity index (χ2v) is 4.47. The molecule has 2 aromatic rings. The number of benzene rings is 2. The van der Waals surface area contributed by atoms with E-state index < -0.39 is 0 Å². The van der Waals surface area contributed by atoms with Gasteiger partial charge in [0.05, 0.1) is 19.3 Å². The Morgan fingerprint density at radius 1 is 1.15 bits per heavy atom. The van der Waals surface area contributed by atoms with Gasteiger partial charge in [-0.05, 0) is 36.8 Å². The maximum absolute atomic E-state index is 11.9. The monoisotopic (exact) mass is 270 g/mol. The van der Waals surface area contributed by atoms with Crippen molar-refractivity contribution >= 4 is 17.3 Å². The van der Waals surface area contributed by atoms with Crippen molar-refractivity contribution in [3.63, 3.8) is 0 Å². The molecule has 0 saturated carbocycles. The molecule has 0 saturated heterocycles. The predicted octanol–water partition coefficient (Wildman–Crippen LogP) is 3.05. The fourth-order valence-corrected chi connectivity index (χ4v) is 1.85. The molecule has 2 N–H and O–H groups in total. The van der Waals surface area contributed by atoms with Gasteiger partial charge in [0.15, 0.2) is 0 Å². The van der Waals surface area contributed by atoms with Gasteiger partial charge in [0, 0.05) is 5.69 Å². The average Bonchev–Trinajstić information content (AvgIpc) is 2.46. The Hall–Kier alpha value is -2.49. The number of ether oxygens (including phenoxy) is 1. The molecule has 0 unspecified atom stereocenters. The van der Waals surface area contributed by atoms with Crippen LogP contribution in [0.15, 0.2) is 48.5 Å². The minimum absolute atomic E-state index is 0.113. The standard InChI is InChI=1S/C16H18N2O2/c1-12-8-9-15(20-2)14(10-12)18-16(19)11-17-13-6-4-3-5-7-13/h3-10,17H,11H2,1-2H3,(H,18,19). The van der Waals surface area contributed by atoms with Gasteiger partial charge >= 0.3 is 0 Å². The van der Waals surface area contributed by atoms with Crippen molar-refractivity contribution < 1.29 is 9.53 Å². The second kappa shape index (κ2) is 6.61. The molecule has 0 heterocycles. The molecular weight excluding hydrogens is 252 g/mol. The Morgan fingerprint density at radius 3 is 2.60 bits per heavy atom. The molecule has 1 amide bonds. The smallest absolute Gasteiger partial charge is 0.243 e. The van der Waals surface area contributed by atoms with Crippen molar-refractivity contribution in [2.45, 2.75) is 6.92 Å². The van der Waals surface area contributed by atoms with Crippen LogP contribution in [0.25, 0.3) is 0 Å². The van der Waals surface area contributed by atoms with Gasteiger partial charge in [-0.15, -0.1) is 0 Å². The van der Waals surface area contributed by atoms with E-state index in [0.717, 1.165) is 11.3 Å². The number of carbonyl (C=O) groups is 1. The van der Waals surface area contributed by atoms with Gasteiger partial charge in [-0.3, -0.25) is 4.79 Å². The normalized spacial score (nSPS) is 9.90. The largest absolute Gasteiger partial charge is 0.495 e. The first-order valence-corrected chi connectivity index (χ1v) is 6.42. The molecule has 0 atom stereocenters. The van der Waals surface area contributed by atoms with Crippen LogP contribution in [-0.4, -0.2) is 19.6 Å². The van der Waals surface area contributed by atoms with Crippen LogP contribution in [-0.2, 0) is 4.79 Å². The van der Waals surface area contributed by atoms with Gasteiger partial charge in [-0.1, -0.05) is 24.3 Å². The first kappa shape index (κ1) is 13.9. The SMILES string of the molecule is COc1ccc(C)cc1NC(=O)CNc1ccccc1. The molecule has 0 aliphatic carbocycles. The molecule has 2 rings (SSSR count). The number of methoxy groups -OCH3 is 1. The highest BCUT2D eigenvalue weighted by atomic mass is 16.5. The molecule has 20 heavy (non-hydrogen) atoms. The van der Waals surface area contributed by atoms with Crippen LogP contribution in [0, 0.1) is 6.92 Å². The lowest BCUT2D eigenvalue weighted by Gasteiger charge is -2.11. The molecule has 0 aliphatic rings. The number of para-hydroxylation sites is 1. The maximum atomic E-state index is 11.9. The van der Waals surface area contributed by atoms with Crippen LogP contribution in [0.5, 0.6) is 5.75 Å². The summed E-state index contributed by atoms with van der Waals surface area (Å²) in [5, 5.41) is 5.91. The van der Waals surface area contributed by atoms with E-state index in [1.807, 2.05) is 55.5 Å². The van der Waals surface area contributed by atoms with Gasteiger partial charge in [0.2, 0.25) is 5.91 Å². The summed E-state index contributed by atoms with van der Waals surface area (Å²) in [6.45, 7) is 2.18. The zero-order valence-corrected chi connectivity index (χ0v) is 11.6. The van der Waals surface area contributed by atoms with Crippen molar-refractivity contribution in [3.05, 3.63) is 54.1 Å². The lowest BCUT2D eigenvalue weighted by atomic mass is 10.2. The van der Waals surface area contributed by atoms with Crippen molar-refractivity contribution in [2.75, 3.05) is 24.3 Å². The van der Waals surface area contributed by atoms with Crippen LogP contribution in [0.3, 0.4) is 0 Å². The topological polar surface area (TPSA) is 50.4 Å². The predicted molar refractivity (Wildman–Crippen MR) is 81.3 cm³/mol. The Labute approximate surface area is 118 Å². The highest BCUT2D eigenvalue weighted by Crippen LogP contribution is 2.24. The summed E-state index contributed by atoms with van der Waals surface area (Å²) in [4.78, 5) is 11.9. The lowest BCUT2D eigenvalue weighted by molar-refractivity contribution is -0.114. The number of aryl methyl sites for hydroxylation is 1. The molecule has 4 heteroatoms. The van der Waals surface area contributed by atoms with Crippen LogP contribution in [0.4, 0.5) is 11.4 Å². The highest BCUT2D eigenvalue weighted by Gasteiger charge is 2.07. The Bertz CT molecular complexity index is 582. The summed E-state index contributed by atoms with van der Waals surface area (Å²) < 4.78 is 5.23. The summed E-state index contributed by atoms with van der Waals surface area (Å²) in [5.41, 5.74) is 2.67. The van der Waals surface area contributed by atoms with Crippen molar-refractivity contribution in [3.8, 4) is 5.75 Å². The number of hydrogen-bond acceptors (Lipinski definition) is 3. The molecule has 4 nitrogen and oxygen atoms in total. The van der Waals surface area contributed by atoms with E-state index in [0.29, 0.717) is 11.4 Å². The van der Waals surface area contributed by atoms with Gasteiger partial charge in [0.1, 0.15) is 5.75 Å². The molecule has 104 valence electrons. The molecule has 0 bridgehead atoms. The molecular formula is C16H18N2O2. The van der Waals surface area contributed by atoms with E-state index in [2.05, 4.69) is 10.6 Å². The van der Waals surface area contributed by atoms with E-state index in [1.54, 1.807) is 7.11 Å². The fraction of sp³-hybridized carbons (Fsp3) is 0.188. The number of nitrogens with one attached hydrogen (secondary N) is 2. The average molecular weight is 270 g/mol. The van der Waals surface area contributed by atoms with E-state index in [9.17, 15) is 4.79 Å². The van der Waals surface area contributed by atoms with Gasteiger partial charge in [-0.2, -0.15) is 0 Å². The fourth-order valence-electron chi connectivity index (χ4n) is 1.85. The van der Waals surface area contributed by atoms with Gasteiger partial charge in [0.25, 0.3) is 0 Å².